The highest BCUT2D eigenvalue weighted by molar-refractivity contribution is 7.10. The summed E-state index contributed by atoms with van der Waals surface area (Å²) in [6, 6.07) is 11.9. The Labute approximate surface area is 170 Å². The van der Waals surface area contributed by atoms with Gasteiger partial charge in [0.15, 0.2) is 0 Å². The molecule has 1 aromatic carbocycles. The van der Waals surface area contributed by atoms with Gasteiger partial charge in [0.2, 0.25) is 0 Å². The first-order chi connectivity index (χ1) is 14.1. The minimum absolute atomic E-state index is 0.0999. The number of likely N-dealkylation sites (tertiary alicyclic amines) is 1. The van der Waals surface area contributed by atoms with E-state index in [1.807, 2.05) is 23.6 Å². The Morgan fingerprint density at radius 2 is 2.10 bits per heavy atom. The molecule has 1 saturated heterocycles. The molecule has 0 radical (unpaired) electrons. The zero-order chi connectivity index (χ0) is 20.0. The number of carbonyl (C=O) groups excluding carboxylic acids is 2. The van der Waals surface area contributed by atoms with E-state index in [1.54, 1.807) is 24.3 Å². The van der Waals surface area contributed by atoms with E-state index in [2.05, 4.69) is 0 Å². The predicted octanol–water partition coefficient (Wildman–Crippen LogP) is 3.90. The molecule has 0 bridgehead atoms. The van der Waals surface area contributed by atoms with Crippen molar-refractivity contribution in [3.8, 4) is 5.75 Å². The molecule has 3 aromatic rings. The van der Waals surface area contributed by atoms with Gasteiger partial charge in [0.1, 0.15) is 23.3 Å². The summed E-state index contributed by atoms with van der Waals surface area (Å²) in [7, 11) is 0. The van der Waals surface area contributed by atoms with Gasteiger partial charge in [-0.05, 0) is 47.3 Å². The molecule has 1 fully saturated rings. The van der Waals surface area contributed by atoms with Crippen LogP contribution in [-0.4, -0.2) is 28.3 Å². The molecular formula is C22H17NO5S. The molecule has 0 aliphatic carbocycles. The van der Waals surface area contributed by atoms with Gasteiger partial charge in [-0.2, -0.15) is 0 Å². The number of fused-ring (bicyclic) bond motifs is 1. The normalized spacial score (nSPS) is 20.1. The number of amides is 1. The van der Waals surface area contributed by atoms with Gasteiger partial charge in [-0.1, -0.05) is 6.07 Å². The summed E-state index contributed by atoms with van der Waals surface area (Å²) >= 11 is 1.44. The van der Waals surface area contributed by atoms with Crippen LogP contribution < -0.4 is 4.74 Å². The van der Waals surface area contributed by atoms with Gasteiger partial charge in [-0.25, -0.2) is 0 Å². The average Bonchev–Trinajstić information content (AvgIpc) is 3.51. The van der Waals surface area contributed by atoms with Gasteiger partial charge in [0.05, 0.1) is 25.0 Å². The summed E-state index contributed by atoms with van der Waals surface area (Å²) in [5.41, 5.74) is 1.58. The number of aliphatic hydroxyl groups is 1. The molecular weight excluding hydrogens is 390 g/mol. The number of furan rings is 1. The Kier molecular flexibility index (Phi) is 4.24. The molecule has 0 spiro atoms. The predicted molar refractivity (Wildman–Crippen MR) is 107 cm³/mol. The second-order valence-electron chi connectivity index (χ2n) is 6.94. The van der Waals surface area contributed by atoms with Crippen molar-refractivity contribution in [3.05, 3.63) is 81.4 Å². The molecule has 1 N–H and O–H groups in total. The third-order valence-corrected chi connectivity index (χ3v) is 6.15. The van der Waals surface area contributed by atoms with Crippen LogP contribution in [-0.2, 0) is 22.6 Å². The van der Waals surface area contributed by atoms with E-state index in [0.717, 1.165) is 22.6 Å². The zero-order valence-corrected chi connectivity index (χ0v) is 16.1. The minimum Gasteiger partial charge on any atom is -0.507 e. The summed E-state index contributed by atoms with van der Waals surface area (Å²) < 4.78 is 10.9. The number of benzene rings is 1. The highest BCUT2D eigenvalue weighted by Crippen LogP contribution is 2.42. The van der Waals surface area contributed by atoms with Gasteiger partial charge in [0.25, 0.3) is 11.7 Å². The van der Waals surface area contributed by atoms with Crippen molar-refractivity contribution in [1.29, 1.82) is 0 Å². The molecule has 2 aliphatic heterocycles. The van der Waals surface area contributed by atoms with Crippen LogP contribution in [0, 0.1) is 0 Å². The molecule has 29 heavy (non-hydrogen) atoms. The number of hydrogen-bond acceptors (Lipinski definition) is 6. The van der Waals surface area contributed by atoms with Gasteiger partial charge >= 0.3 is 0 Å². The largest absolute Gasteiger partial charge is 0.507 e. The first kappa shape index (κ1) is 17.8. The lowest BCUT2D eigenvalue weighted by Gasteiger charge is -2.23. The van der Waals surface area contributed by atoms with Crippen LogP contribution in [0.15, 0.2) is 64.1 Å². The third-order valence-electron chi connectivity index (χ3n) is 5.22. The van der Waals surface area contributed by atoms with E-state index in [-0.39, 0.29) is 17.9 Å². The lowest BCUT2D eigenvalue weighted by molar-refractivity contribution is -0.140. The molecule has 146 valence electrons. The number of ether oxygens (including phenoxy) is 1. The fraction of sp³-hybridized carbons (Fsp3) is 0.182. The summed E-state index contributed by atoms with van der Waals surface area (Å²) in [5.74, 6) is -0.147. The van der Waals surface area contributed by atoms with Crippen LogP contribution in [0.1, 0.15) is 27.8 Å². The molecule has 5 rings (SSSR count). The Morgan fingerprint density at radius 1 is 1.21 bits per heavy atom. The fourth-order valence-corrected chi connectivity index (χ4v) is 4.69. The minimum atomic E-state index is -0.691. The Hall–Kier alpha value is -3.32. The lowest BCUT2D eigenvalue weighted by atomic mass is 9.98. The van der Waals surface area contributed by atoms with E-state index >= 15 is 0 Å². The molecule has 1 amide bonds. The van der Waals surface area contributed by atoms with Crippen LogP contribution in [0.3, 0.4) is 0 Å². The van der Waals surface area contributed by atoms with Crippen molar-refractivity contribution >= 4 is 28.8 Å². The summed E-state index contributed by atoms with van der Waals surface area (Å²) in [6.45, 7) is 0.747. The first-order valence-corrected chi connectivity index (χ1v) is 10.1. The van der Waals surface area contributed by atoms with Gasteiger partial charge < -0.3 is 19.2 Å². The number of thiophene rings is 1. The van der Waals surface area contributed by atoms with Crippen LogP contribution >= 0.6 is 11.3 Å². The van der Waals surface area contributed by atoms with Crippen molar-refractivity contribution in [2.75, 3.05) is 6.61 Å². The number of aliphatic hydroxyl groups excluding tert-OH is 1. The smallest absolute Gasteiger partial charge is 0.296 e. The Bertz CT molecular complexity index is 1110. The number of Topliss-reactive ketones (excluding diaryl/α,β-unsaturated/α-hetero) is 1. The van der Waals surface area contributed by atoms with Crippen LogP contribution in [0.25, 0.3) is 5.76 Å². The fourth-order valence-electron chi connectivity index (χ4n) is 3.85. The van der Waals surface area contributed by atoms with E-state index in [4.69, 9.17) is 9.15 Å². The summed E-state index contributed by atoms with van der Waals surface area (Å²) in [6.07, 6.45) is 2.27. The molecule has 6 nitrogen and oxygen atoms in total. The third kappa shape index (κ3) is 2.94. The van der Waals surface area contributed by atoms with E-state index in [0.29, 0.717) is 17.9 Å². The second kappa shape index (κ2) is 6.93. The number of hydrogen-bond donors (Lipinski definition) is 1. The molecule has 2 aromatic heterocycles. The van der Waals surface area contributed by atoms with Gasteiger partial charge in [-0.3, -0.25) is 9.59 Å². The molecule has 4 heterocycles. The van der Waals surface area contributed by atoms with Crippen molar-refractivity contribution in [3.63, 3.8) is 0 Å². The van der Waals surface area contributed by atoms with Gasteiger partial charge in [-0.15, -0.1) is 11.3 Å². The lowest BCUT2D eigenvalue weighted by Crippen LogP contribution is -2.28. The van der Waals surface area contributed by atoms with Gasteiger partial charge in [0, 0.05) is 16.9 Å². The Morgan fingerprint density at radius 3 is 2.86 bits per heavy atom. The summed E-state index contributed by atoms with van der Waals surface area (Å²) in [4.78, 5) is 28.0. The standard InChI is InChI=1S/C22H17NO5S/c24-20(14-5-6-16-13(11-14)7-9-28-16)18-19(17-4-2-10-29-17)23(22(26)21(18)25)12-15-3-1-8-27-15/h1-6,8,10-11,19,24H,7,9,12H2/b20-18-. The first-order valence-electron chi connectivity index (χ1n) is 9.24. The summed E-state index contributed by atoms with van der Waals surface area (Å²) in [5, 5.41) is 13.0. The molecule has 1 atom stereocenters. The maximum absolute atomic E-state index is 12.9. The maximum atomic E-state index is 12.9. The number of nitrogens with zero attached hydrogens (tertiary/aromatic N) is 1. The number of carbonyl (C=O) groups is 2. The zero-order valence-electron chi connectivity index (χ0n) is 15.3. The Balaban J connectivity index is 1.62. The highest BCUT2D eigenvalue weighted by atomic mass is 32.1. The average molecular weight is 407 g/mol. The van der Waals surface area contributed by atoms with Crippen molar-refractivity contribution in [1.82, 2.24) is 4.90 Å². The topological polar surface area (TPSA) is 80.0 Å². The SMILES string of the molecule is O=C1C(=O)N(Cc2ccco2)C(c2cccs2)/C1=C(/O)c1ccc2c(c1)CCO2. The van der Waals surface area contributed by atoms with Crippen LogP contribution in [0.4, 0.5) is 0 Å². The van der Waals surface area contributed by atoms with Crippen molar-refractivity contribution in [2.45, 2.75) is 19.0 Å². The van der Waals surface area contributed by atoms with Crippen LogP contribution in [0.5, 0.6) is 5.75 Å². The molecule has 7 heteroatoms. The molecule has 2 aliphatic rings. The molecule has 0 saturated carbocycles. The second-order valence-corrected chi connectivity index (χ2v) is 7.92. The van der Waals surface area contributed by atoms with Crippen LogP contribution in [0.2, 0.25) is 0 Å². The van der Waals surface area contributed by atoms with Crippen molar-refractivity contribution < 1.29 is 23.8 Å². The van der Waals surface area contributed by atoms with E-state index < -0.39 is 17.7 Å². The number of ketones is 1. The molecule has 1 unspecified atom stereocenters. The quantitative estimate of drug-likeness (QED) is 0.403. The van der Waals surface area contributed by atoms with Crippen molar-refractivity contribution in [2.24, 2.45) is 0 Å². The monoisotopic (exact) mass is 407 g/mol. The highest BCUT2D eigenvalue weighted by Gasteiger charge is 2.46. The van der Waals surface area contributed by atoms with E-state index in [1.165, 1.54) is 22.5 Å². The maximum Gasteiger partial charge on any atom is 0.296 e. The number of rotatable bonds is 4. The van der Waals surface area contributed by atoms with E-state index in [9.17, 15) is 14.7 Å².